The van der Waals surface area contributed by atoms with Gasteiger partial charge in [-0.05, 0) is 59.4 Å². The molecule has 0 atom stereocenters. The Morgan fingerprint density at radius 1 is 1.20 bits per heavy atom. The van der Waals surface area contributed by atoms with Crippen LogP contribution in [0.5, 0.6) is 5.75 Å². The van der Waals surface area contributed by atoms with Gasteiger partial charge in [0.1, 0.15) is 5.75 Å². The van der Waals surface area contributed by atoms with Crippen LogP contribution >= 0.6 is 22.6 Å². The lowest BCUT2D eigenvalue weighted by Gasteiger charge is -2.07. The van der Waals surface area contributed by atoms with E-state index in [2.05, 4.69) is 28.7 Å². The summed E-state index contributed by atoms with van der Waals surface area (Å²) in [5.74, 6) is 0.799. The second-order valence-corrected chi connectivity index (χ2v) is 5.39. The van der Waals surface area contributed by atoms with Crippen LogP contribution in [0.3, 0.4) is 0 Å². The molecule has 0 bridgehead atoms. The third kappa shape index (κ3) is 3.61. The number of hydrogen-bond donors (Lipinski definition) is 0. The van der Waals surface area contributed by atoms with Crippen molar-refractivity contribution in [3.8, 4) is 11.8 Å². The zero-order valence-electron chi connectivity index (χ0n) is 11.1. The third-order valence-corrected chi connectivity index (χ3v) is 3.51. The smallest absolute Gasteiger partial charge is 0.126 e. The molecular formula is C17H14INO. The number of nitriles is 1. The van der Waals surface area contributed by atoms with E-state index >= 15 is 0 Å². The minimum absolute atomic E-state index is 0.607. The van der Waals surface area contributed by atoms with Crippen LogP contribution in [0.4, 0.5) is 0 Å². The first kappa shape index (κ1) is 14.6. The highest BCUT2D eigenvalue weighted by atomic mass is 127. The fourth-order valence-corrected chi connectivity index (χ4v) is 2.21. The van der Waals surface area contributed by atoms with E-state index in [4.69, 9.17) is 4.74 Å². The van der Waals surface area contributed by atoms with Gasteiger partial charge in [-0.25, -0.2) is 0 Å². The van der Waals surface area contributed by atoms with Crippen LogP contribution in [0, 0.1) is 14.9 Å². The maximum Gasteiger partial charge on any atom is 0.126 e. The number of para-hydroxylation sites is 1. The summed E-state index contributed by atoms with van der Waals surface area (Å²) in [5, 5.41) is 9.37. The Morgan fingerprint density at radius 2 is 1.90 bits per heavy atom. The van der Waals surface area contributed by atoms with Gasteiger partial charge in [0.05, 0.1) is 18.2 Å². The van der Waals surface area contributed by atoms with E-state index in [0.29, 0.717) is 12.2 Å². The quantitative estimate of drug-likeness (QED) is 0.439. The number of benzene rings is 2. The monoisotopic (exact) mass is 375 g/mol. The molecule has 0 heterocycles. The SMILES string of the molecule is CCOc1ccccc1/C=C(/C#N)c1ccc(I)cc1. The Hall–Kier alpha value is -1.80. The van der Waals surface area contributed by atoms with E-state index in [-0.39, 0.29) is 0 Å². The van der Waals surface area contributed by atoms with Crippen LogP contribution in [-0.4, -0.2) is 6.61 Å². The molecule has 0 aliphatic heterocycles. The number of nitrogens with zero attached hydrogens (tertiary/aromatic N) is 1. The fourth-order valence-electron chi connectivity index (χ4n) is 1.85. The Labute approximate surface area is 132 Å². The largest absolute Gasteiger partial charge is 0.493 e. The standard InChI is InChI=1S/C17H14INO/c1-2-20-17-6-4-3-5-14(17)11-15(12-19)13-7-9-16(18)10-8-13/h3-11H,2H2,1H3/b15-11-. The Balaban J connectivity index is 2.41. The minimum atomic E-state index is 0.607. The summed E-state index contributed by atoms with van der Waals surface area (Å²) in [6, 6.07) is 17.9. The van der Waals surface area contributed by atoms with Gasteiger partial charge in [-0.2, -0.15) is 5.26 Å². The predicted molar refractivity (Wildman–Crippen MR) is 90.3 cm³/mol. The molecule has 0 fully saturated rings. The summed E-state index contributed by atoms with van der Waals surface area (Å²) >= 11 is 2.25. The van der Waals surface area contributed by atoms with Crippen LogP contribution in [-0.2, 0) is 0 Å². The molecule has 0 aliphatic carbocycles. The molecule has 0 amide bonds. The van der Waals surface area contributed by atoms with Gasteiger partial charge in [0.2, 0.25) is 0 Å². The Morgan fingerprint density at radius 3 is 2.55 bits per heavy atom. The van der Waals surface area contributed by atoms with Crippen molar-refractivity contribution in [2.24, 2.45) is 0 Å². The maximum atomic E-state index is 9.37. The van der Waals surface area contributed by atoms with Crippen molar-refractivity contribution in [2.45, 2.75) is 6.92 Å². The second kappa shape index (κ2) is 7.11. The van der Waals surface area contributed by atoms with Gasteiger partial charge in [-0.3, -0.25) is 0 Å². The predicted octanol–water partition coefficient (Wildman–Crippen LogP) is 4.75. The van der Waals surface area contributed by atoms with Gasteiger partial charge in [-0.1, -0.05) is 30.3 Å². The molecule has 0 radical (unpaired) electrons. The molecule has 0 aliphatic rings. The van der Waals surface area contributed by atoms with Crippen molar-refractivity contribution in [1.82, 2.24) is 0 Å². The summed E-state index contributed by atoms with van der Waals surface area (Å²) in [6.07, 6.45) is 1.87. The van der Waals surface area contributed by atoms with Crippen LogP contribution in [0.15, 0.2) is 48.5 Å². The number of hydrogen-bond acceptors (Lipinski definition) is 2. The van der Waals surface area contributed by atoms with Gasteiger partial charge in [0, 0.05) is 9.13 Å². The molecule has 2 rings (SSSR count). The van der Waals surface area contributed by atoms with E-state index in [1.165, 1.54) is 0 Å². The fraction of sp³-hybridized carbons (Fsp3) is 0.118. The second-order valence-electron chi connectivity index (χ2n) is 4.15. The minimum Gasteiger partial charge on any atom is -0.493 e. The van der Waals surface area contributed by atoms with Crippen LogP contribution in [0.1, 0.15) is 18.1 Å². The average Bonchev–Trinajstić information content (AvgIpc) is 2.48. The summed E-state index contributed by atoms with van der Waals surface area (Å²) in [6.45, 7) is 2.56. The number of ether oxygens (including phenoxy) is 1. The van der Waals surface area contributed by atoms with E-state index < -0.39 is 0 Å². The van der Waals surface area contributed by atoms with Crippen molar-refractivity contribution in [2.75, 3.05) is 6.61 Å². The van der Waals surface area contributed by atoms with E-state index in [9.17, 15) is 5.26 Å². The molecule has 100 valence electrons. The molecule has 0 aromatic heterocycles. The highest BCUT2D eigenvalue weighted by Gasteiger charge is 2.04. The molecule has 2 aromatic rings. The normalized spacial score (nSPS) is 10.9. The molecular weight excluding hydrogens is 361 g/mol. The molecule has 2 aromatic carbocycles. The summed E-state index contributed by atoms with van der Waals surface area (Å²) in [4.78, 5) is 0. The molecule has 3 heteroatoms. The van der Waals surface area contributed by atoms with E-state index in [1.807, 2.05) is 61.5 Å². The van der Waals surface area contributed by atoms with Crippen molar-refractivity contribution in [1.29, 1.82) is 5.26 Å². The van der Waals surface area contributed by atoms with Gasteiger partial charge >= 0.3 is 0 Å². The zero-order chi connectivity index (χ0) is 14.4. The Bertz CT molecular complexity index is 653. The molecule has 20 heavy (non-hydrogen) atoms. The first-order valence-corrected chi connectivity index (χ1v) is 7.42. The maximum absolute atomic E-state index is 9.37. The highest BCUT2D eigenvalue weighted by molar-refractivity contribution is 14.1. The average molecular weight is 375 g/mol. The molecule has 0 saturated heterocycles. The van der Waals surface area contributed by atoms with Crippen molar-refractivity contribution >= 4 is 34.2 Å². The summed E-state index contributed by atoms with van der Waals surface area (Å²) in [5.41, 5.74) is 2.47. The number of allylic oxidation sites excluding steroid dienone is 1. The molecule has 0 saturated carbocycles. The first-order chi connectivity index (χ1) is 9.74. The Kier molecular flexibility index (Phi) is 5.19. The first-order valence-electron chi connectivity index (χ1n) is 6.34. The van der Waals surface area contributed by atoms with Crippen LogP contribution in [0.25, 0.3) is 11.6 Å². The van der Waals surface area contributed by atoms with E-state index in [1.54, 1.807) is 0 Å². The lowest BCUT2D eigenvalue weighted by Crippen LogP contribution is -1.93. The van der Waals surface area contributed by atoms with Gasteiger partial charge in [-0.15, -0.1) is 0 Å². The van der Waals surface area contributed by atoms with Crippen molar-refractivity contribution in [3.05, 3.63) is 63.2 Å². The summed E-state index contributed by atoms with van der Waals surface area (Å²) < 4.78 is 6.73. The zero-order valence-corrected chi connectivity index (χ0v) is 13.3. The topological polar surface area (TPSA) is 33.0 Å². The summed E-state index contributed by atoms with van der Waals surface area (Å²) in [7, 11) is 0. The number of halogens is 1. The van der Waals surface area contributed by atoms with Crippen molar-refractivity contribution in [3.63, 3.8) is 0 Å². The molecule has 0 spiro atoms. The van der Waals surface area contributed by atoms with Gasteiger partial charge < -0.3 is 4.74 Å². The third-order valence-electron chi connectivity index (χ3n) is 2.79. The highest BCUT2D eigenvalue weighted by Crippen LogP contribution is 2.24. The van der Waals surface area contributed by atoms with Crippen LogP contribution in [0.2, 0.25) is 0 Å². The lowest BCUT2D eigenvalue weighted by atomic mass is 10.0. The molecule has 2 nitrogen and oxygen atoms in total. The molecule has 0 unspecified atom stereocenters. The van der Waals surface area contributed by atoms with E-state index in [0.717, 1.165) is 20.4 Å². The van der Waals surface area contributed by atoms with Crippen LogP contribution < -0.4 is 4.74 Å². The molecule has 0 N–H and O–H groups in total. The van der Waals surface area contributed by atoms with Gasteiger partial charge in [0.15, 0.2) is 0 Å². The van der Waals surface area contributed by atoms with Crippen molar-refractivity contribution < 1.29 is 4.74 Å². The van der Waals surface area contributed by atoms with Gasteiger partial charge in [0.25, 0.3) is 0 Å². The number of rotatable bonds is 4. The lowest BCUT2D eigenvalue weighted by molar-refractivity contribution is 0.339.